The molecule has 0 saturated carbocycles. The zero-order valence-electron chi connectivity index (χ0n) is 6.69. The fourth-order valence-corrected chi connectivity index (χ4v) is 0.747. The lowest BCUT2D eigenvalue weighted by Gasteiger charge is -2.19. The molecule has 0 aromatic carbocycles. The molecule has 0 saturated heterocycles. The summed E-state index contributed by atoms with van der Waals surface area (Å²) in [4.78, 5) is 10.3. The van der Waals surface area contributed by atoms with Crippen molar-refractivity contribution < 1.29 is 20.1 Å². The van der Waals surface area contributed by atoms with E-state index in [9.17, 15) is 9.90 Å². The fraction of sp³-hybridized carbons (Fsp3) is 0.857. The maximum Gasteiger partial charge on any atom is 0.308 e. The van der Waals surface area contributed by atoms with Gasteiger partial charge in [-0.3, -0.25) is 4.79 Å². The molecular weight excluding hydrogens is 148 g/mol. The first-order chi connectivity index (χ1) is 5.00. The molecule has 0 rings (SSSR count). The van der Waals surface area contributed by atoms with Gasteiger partial charge < -0.3 is 15.3 Å². The highest BCUT2D eigenvalue weighted by Crippen LogP contribution is 2.12. The Balaban J connectivity index is 4.00. The van der Waals surface area contributed by atoms with Gasteiger partial charge in [0, 0.05) is 12.5 Å². The Bertz CT molecular complexity index is 134. The molecule has 0 fully saturated rings. The number of carboxylic acids is 1. The average molecular weight is 162 g/mol. The highest BCUT2D eigenvalue weighted by molar-refractivity contribution is 5.70. The summed E-state index contributed by atoms with van der Waals surface area (Å²) in [6.07, 6.45) is -0.975. The average Bonchev–Trinajstić information content (AvgIpc) is 2.00. The molecule has 4 nitrogen and oxygen atoms in total. The highest BCUT2D eigenvalue weighted by atomic mass is 16.4. The Hall–Kier alpha value is -0.610. The Morgan fingerprint density at radius 3 is 2.18 bits per heavy atom. The van der Waals surface area contributed by atoms with E-state index in [1.807, 2.05) is 0 Å². The van der Waals surface area contributed by atoms with Crippen LogP contribution in [0.3, 0.4) is 0 Å². The molecule has 0 unspecified atom stereocenters. The minimum absolute atomic E-state index is 0.196. The van der Waals surface area contributed by atoms with Gasteiger partial charge in [0.2, 0.25) is 0 Å². The van der Waals surface area contributed by atoms with E-state index in [2.05, 4.69) is 0 Å². The summed E-state index contributed by atoms with van der Waals surface area (Å²) in [5, 5.41) is 26.3. The first-order valence-corrected chi connectivity index (χ1v) is 3.52. The number of aliphatic hydroxyl groups is 2. The highest BCUT2D eigenvalue weighted by Gasteiger charge is 2.25. The van der Waals surface area contributed by atoms with Gasteiger partial charge in [-0.05, 0) is 6.92 Å². The van der Waals surface area contributed by atoms with Crippen LogP contribution >= 0.6 is 0 Å². The summed E-state index contributed by atoms with van der Waals surface area (Å²) in [5.41, 5.74) is 0. The fourth-order valence-electron chi connectivity index (χ4n) is 0.747. The van der Waals surface area contributed by atoms with Gasteiger partial charge in [0.25, 0.3) is 0 Å². The van der Waals surface area contributed by atoms with E-state index < -0.39 is 18.0 Å². The molecule has 4 heteroatoms. The Morgan fingerprint density at radius 1 is 1.45 bits per heavy atom. The second-order valence-electron chi connectivity index (χ2n) is 2.78. The van der Waals surface area contributed by atoms with Crippen molar-refractivity contribution in [2.75, 3.05) is 6.61 Å². The molecule has 0 aromatic heterocycles. The topological polar surface area (TPSA) is 77.8 Å². The van der Waals surface area contributed by atoms with E-state index in [-0.39, 0.29) is 12.5 Å². The monoisotopic (exact) mass is 162 g/mol. The number of aliphatic carboxylic acids is 1. The van der Waals surface area contributed by atoms with Crippen LogP contribution in [0.4, 0.5) is 0 Å². The standard InChI is InChI=1S/C7H14O4/c1-4(3-8)6(9)5(2)7(10)11/h4-6,8-9H,3H2,1-2H3,(H,10,11)/t4-,5+,6-/m0/s1. The van der Waals surface area contributed by atoms with Gasteiger partial charge in [-0.15, -0.1) is 0 Å². The van der Waals surface area contributed by atoms with Gasteiger partial charge in [-0.25, -0.2) is 0 Å². The zero-order valence-corrected chi connectivity index (χ0v) is 6.69. The van der Waals surface area contributed by atoms with Gasteiger partial charge in [0.1, 0.15) is 0 Å². The molecule has 0 aliphatic rings. The number of hydrogen-bond acceptors (Lipinski definition) is 3. The first-order valence-electron chi connectivity index (χ1n) is 3.52. The summed E-state index contributed by atoms with van der Waals surface area (Å²) in [7, 11) is 0. The van der Waals surface area contributed by atoms with Crippen LogP contribution in [0.15, 0.2) is 0 Å². The quantitative estimate of drug-likeness (QED) is 0.530. The van der Waals surface area contributed by atoms with Crippen molar-refractivity contribution in [2.45, 2.75) is 20.0 Å². The molecule has 0 bridgehead atoms. The summed E-state index contributed by atoms with van der Waals surface area (Å²) in [6.45, 7) is 2.82. The number of rotatable bonds is 4. The van der Waals surface area contributed by atoms with Gasteiger partial charge >= 0.3 is 5.97 Å². The van der Waals surface area contributed by atoms with Crippen LogP contribution in [0.5, 0.6) is 0 Å². The third-order valence-electron chi connectivity index (χ3n) is 1.77. The summed E-state index contributed by atoms with van der Waals surface area (Å²) in [5.74, 6) is -2.25. The first kappa shape index (κ1) is 10.4. The third kappa shape index (κ3) is 2.86. The summed E-state index contributed by atoms with van der Waals surface area (Å²) < 4.78 is 0. The molecule has 11 heavy (non-hydrogen) atoms. The molecule has 3 N–H and O–H groups in total. The van der Waals surface area contributed by atoms with E-state index in [4.69, 9.17) is 10.2 Å². The second kappa shape index (κ2) is 4.31. The lowest BCUT2D eigenvalue weighted by molar-refractivity contribution is -0.146. The molecule has 3 atom stereocenters. The van der Waals surface area contributed by atoms with Crippen LogP contribution in [0.2, 0.25) is 0 Å². The summed E-state index contributed by atoms with van der Waals surface area (Å²) >= 11 is 0. The SMILES string of the molecule is C[C@@H](CO)[C@H](O)[C@@H](C)C(=O)O. The predicted octanol–water partition coefficient (Wildman–Crippen LogP) is -0.304. The largest absolute Gasteiger partial charge is 0.481 e. The molecule has 0 amide bonds. The van der Waals surface area contributed by atoms with E-state index >= 15 is 0 Å². The lowest BCUT2D eigenvalue weighted by atomic mass is 9.94. The molecule has 0 spiro atoms. The zero-order chi connectivity index (χ0) is 9.02. The van der Waals surface area contributed by atoms with Crippen molar-refractivity contribution in [3.63, 3.8) is 0 Å². The van der Waals surface area contributed by atoms with E-state index in [0.29, 0.717) is 0 Å². The molecular formula is C7H14O4. The van der Waals surface area contributed by atoms with Gasteiger partial charge in [-0.1, -0.05) is 6.92 Å². The van der Waals surface area contributed by atoms with Gasteiger partial charge in [-0.2, -0.15) is 0 Å². The van der Waals surface area contributed by atoms with Gasteiger partial charge in [0.15, 0.2) is 0 Å². The van der Waals surface area contributed by atoms with Crippen molar-refractivity contribution in [1.82, 2.24) is 0 Å². The van der Waals surface area contributed by atoms with Crippen molar-refractivity contribution >= 4 is 5.97 Å². The van der Waals surface area contributed by atoms with Crippen LogP contribution in [0, 0.1) is 11.8 Å². The van der Waals surface area contributed by atoms with Gasteiger partial charge in [0.05, 0.1) is 12.0 Å². The van der Waals surface area contributed by atoms with Crippen LogP contribution in [0.1, 0.15) is 13.8 Å². The van der Waals surface area contributed by atoms with Crippen molar-refractivity contribution in [2.24, 2.45) is 11.8 Å². The van der Waals surface area contributed by atoms with E-state index in [1.165, 1.54) is 6.92 Å². The van der Waals surface area contributed by atoms with Crippen LogP contribution in [-0.2, 0) is 4.79 Å². The van der Waals surface area contributed by atoms with Crippen molar-refractivity contribution in [3.8, 4) is 0 Å². The normalized spacial score (nSPS) is 18.9. The van der Waals surface area contributed by atoms with Crippen LogP contribution in [-0.4, -0.2) is 34.0 Å². The maximum atomic E-state index is 10.3. The maximum absolute atomic E-state index is 10.3. The molecule has 0 radical (unpaired) electrons. The smallest absolute Gasteiger partial charge is 0.308 e. The molecule has 66 valence electrons. The van der Waals surface area contributed by atoms with E-state index in [1.54, 1.807) is 6.92 Å². The molecule has 0 aliphatic heterocycles. The van der Waals surface area contributed by atoms with E-state index in [0.717, 1.165) is 0 Å². The number of carbonyl (C=O) groups is 1. The Kier molecular flexibility index (Phi) is 4.07. The molecule has 0 heterocycles. The summed E-state index contributed by atoms with van der Waals surface area (Å²) in [6, 6.07) is 0. The Morgan fingerprint density at radius 2 is 1.91 bits per heavy atom. The number of aliphatic hydroxyl groups excluding tert-OH is 2. The van der Waals surface area contributed by atoms with Crippen LogP contribution in [0.25, 0.3) is 0 Å². The number of carboxylic acid groups (broad SMARTS) is 1. The molecule has 0 aliphatic carbocycles. The molecule has 0 aromatic rings. The second-order valence-corrected chi connectivity index (χ2v) is 2.78. The third-order valence-corrected chi connectivity index (χ3v) is 1.77. The lowest BCUT2D eigenvalue weighted by Crippen LogP contribution is -2.32. The minimum atomic E-state index is -1.04. The van der Waals surface area contributed by atoms with Crippen molar-refractivity contribution in [1.29, 1.82) is 0 Å². The Labute approximate surface area is 65.5 Å². The van der Waals surface area contributed by atoms with Crippen LogP contribution < -0.4 is 0 Å². The van der Waals surface area contributed by atoms with Crippen molar-refractivity contribution in [3.05, 3.63) is 0 Å². The predicted molar refractivity (Wildman–Crippen MR) is 39.1 cm³/mol. The minimum Gasteiger partial charge on any atom is -0.481 e. The number of hydrogen-bond donors (Lipinski definition) is 3.